The number of rotatable bonds is 3. The van der Waals surface area contributed by atoms with E-state index in [4.69, 9.17) is 16.3 Å². The summed E-state index contributed by atoms with van der Waals surface area (Å²) in [5.74, 6) is 0.516. The van der Waals surface area contributed by atoms with Gasteiger partial charge in [0.05, 0.1) is 7.11 Å². The fraction of sp³-hybridized carbons (Fsp3) is 0.214. The first-order valence-corrected chi connectivity index (χ1v) is 6.26. The molecular formula is C14H11ClF3NO2. The second-order valence-corrected chi connectivity index (χ2v) is 4.61. The summed E-state index contributed by atoms with van der Waals surface area (Å²) in [6.45, 7) is 0. The van der Waals surface area contributed by atoms with Crippen LogP contribution in [0.15, 0.2) is 36.4 Å². The fourth-order valence-electron chi connectivity index (χ4n) is 1.80. The number of aliphatic hydroxyl groups is 1. The lowest BCUT2D eigenvalue weighted by Crippen LogP contribution is -2.10. The molecule has 1 aromatic heterocycles. The van der Waals surface area contributed by atoms with E-state index in [0.29, 0.717) is 11.3 Å². The summed E-state index contributed by atoms with van der Waals surface area (Å²) in [6, 6.07) is 8.42. The van der Waals surface area contributed by atoms with E-state index in [1.54, 1.807) is 24.3 Å². The minimum atomic E-state index is -4.58. The Balaban J connectivity index is 2.37. The van der Waals surface area contributed by atoms with Crippen molar-refractivity contribution in [3.05, 3.63) is 58.4 Å². The quantitative estimate of drug-likeness (QED) is 0.875. The zero-order valence-electron chi connectivity index (χ0n) is 10.9. The lowest BCUT2D eigenvalue weighted by molar-refractivity contribution is -0.141. The lowest BCUT2D eigenvalue weighted by atomic mass is 10.0. The van der Waals surface area contributed by atoms with Crippen LogP contribution in [0.5, 0.6) is 5.75 Å². The molecule has 1 unspecified atom stereocenters. The van der Waals surface area contributed by atoms with Crippen LogP contribution in [-0.2, 0) is 6.18 Å². The topological polar surface area (TPSA) is 42.4 Å². The van der Waals surface area contributed by atoms with E-state index in [0.717, 1.165) is 12.1 Å². The van der Waals surface area contributed by atoms with Crippen molar-refractivity contribution in [1.82, 2.24) is 4.98 Å². The molecule has 0 amide bonds. The summed E-state index contributed by atoms with van der Waals surface area (Å²) >= 11 is 5.75. The van der Waals surface area contributed by atoms with Crippen LogP contribution < -0.4 is 4.74 Å². The molecule has 1 aromatic carbocycles. The van der Waals surface area contributed by atoms with Gasteiger partial charge in [-0.15, -0.1) is 0 Å². The van der Waals surface area contributed by atoms with Crippen LogP contribution in [0.3, 0.4) is 0 Å². The summed E-state index contributed by atoms with van der Waals surface area (Å²) in [6.07, 6.45) is -5.77. The van der Waals surface area contributed by atoms with Crippen molar-refractivity contribution in [2.45, 2.75) is 12.3 Å². The van der Waals surface area contributed by atoms with E-state index in [1.807, 2.05) is 0 Å². The molecule has 0 bridgehead atoms. The van der Waals surface area contributed by atoms with Gasteiger partial charge < -0.3 is 9.84 Å². The minimum Gasteiger partial charge on any atom is -0.497 e. The number of nitrogens with zero attached hydrogens (tertiary/aromatic N) is 1. The van der Waals surface area contributed by atoms with Crippen LogP contribution in [0.25, 0.3) is 0 Å². The molecular weight excluding hydrogens is 307 g/mol. The fourth-order valence-corrected chi connectivity index (χ4v) is 2.06. The monoisotopic (exact) mass is 317 g/mol. The van der Waals surface area contributed by atoms with Crippen molar-refractivity contribution < 1.29 is 23.0 Å². The maximum Gasteiger partial charge on any atom is 0.433 e. The third-order valence-corrected chi connectivity index (χ3v) is 3.17. The first kappa shape index (κ1) is 15.6. The summed E-state index contributed by atoms with van der Waals surface area (Å²) < 4.78 is 42.6. The van der Waals surface area contributed by atoms with Crippen molar-refractivity contribution in [2.24, 2.45) is 0 Å². The summed E-state index contributed by atoms with van der Waals surface area (Å²) in [4.78, 5) is 3.28. The van der Waals surface area contributed by atoms with Gasteiger partial charge in [0.2, 0.25) is 0 Å². The number of aliphatic hydroxyl groups excluding tert-OH is 1. The van der Waals surface area contributed by atoms with Crippen molar-refractivity contribution in [3.63, 3.8) is 0 Å². The maximum atomic E-state index is 12.5. The molecule has 1 heterocycles. The number of hydrogen-bond donors (Lipinski definition) is 1. The average Bonchev–Trinajstić information content (AvgIpc) is 2.45. The largest absolute Gasteiger partial charge is 0.497 e. The lowest BCUT2D eigenvalue weighted by Gasteiger charge is -2.15. The van der Waals surface area contributed by atoms with E-state index in [9.17, 15) is 18.3 Å². The molecule has 21 heavy (non-hydrogen) atoms. The first-order chi connectivity index (χ1) is 9.82. The Morgan fingerprint density at radius 3 is 2.52 bits per heavy atom. The maximum absolute atomic E-state index is 12.5. The number of pyridine rings is 1. The van der Waals surface area contributed by atoms with Gasteiger partial charge in [-0.3, -0.25) is 0 Å². The van der Waals surface area contributed by atoms with Crippen molar-refractivity contribution in [3.8, 4) is 5.75 Å². The third kappa shape index (κ3) is 3.46. The van der Waals surface area contributed by atoms with Gasteiger partial charge in [0.1, 0.15) is 22.7 Å². The molecule has 112 valence electrons. The second-order valence-electron chi connectivity index (χ2n) is 4.25. The smallest absolute Gasteiger partial charge is 0.433 e. The minimum absolute atomic E-state index is 0.0953. The van der Waals surface area contributed by atoms with Crippen LogP contribution in [-0.4, -0.2) is 17.2 Å². The number of methoxy groups -OCH3 is 1. The molecule has 0 aliphatic rings. The molecule has 0 radical (unpaired) electrons. The standard InChI is InChI=1S/C14H11ClF3NO2/c1-21-9-4-2-3-8(7-9)12(20)10-5-6-11(14(16,17)18)19-13(10)15/h2-7,12,20H,1H3. The Hall–Kier alpha value is -1.79. The molecule has 2 aromatic rings. The van der Waals surface area contributed by atoms with Gasteiger partial charge in [0.25, 0.3) is 0 Å². The Kier molecular flexibility index (Phi) is 4.39. The molecule has 0 aliphatic carbocycles. The predicted octanol–water partition coefficient (Wildman–Crippen LogP) is 3.84. The van der Waals surface area contributed by atoms with Gasteiger partial charge in [-0.05, 0) is 23.8 Å². The molecule has 0 aliphatic heterocycles. The molecule has 2 rings (SSSR count). The van der Waals surface area contributed by atoms with Crippen LogP contribution in [0.4, 0.5) is 13.2 Å². The van der Waals surface area contributed by atoms with Gasteiger partial charge in [-0.1, -0.05) is 29.8 Å². The molecule has 7 heteroatoms. The molecule has 0 saturated heterocycles. The number of ether oxygens (including phenoxy) is 1. The van der Waals surface area contributed by atoms with E-state index in [2.05, 4.69) is 4.98 Å². The number of aromatic nitrogens is 1. The zero-order chi connectivity index (χ0) is 15.6. The van der Waals surface area contributed by atoms with Gasteiger partial charge >= 0.3 is 6.18 Å². The highest BCUT2D eigenvalue weighted by atomic mass is 35.5. The highest BCUT2D eigenvalue weighted by molar-refractivity contribution is 6.30. The normalized spacial score (nSPS) is 13.0. The van der Waals surface area contributed by atoms with Gasteiger partial charge in [-0.25, -0.2) is 4.98 Å². The molecule has 0 spiro atoms. The molecule has 0 fully saturated rings. The van der Waals surface area contributed by atoms with E-state index >= 15 is 0 Å². The third-order valence-electron chi connectivity index (χ3n) is 2.87. The average molecular weight is 318 g/mol. The van der Waals surface area contributed by atoms with Gasteiger partial charge in [0, 0.05) is 5.56 Å². The highest BCUT2D eigenvalue weighted by Gasteiger charge is 2.33. The Labute approximate surface area is 124 Å². The first-order valence-electron chi connectivity index (χ1n) is 5.88. The summed E-state index contributed by atoms with van der Waals surface area (Å²) in [5.41, 5.74) is -0.565. The van der Waals surface area contributed by atoms with E-state index in [1.165, 1.54) is 7.11 Å². The second kappa shape index (κ2) is 5.91. The van der Waals surface area contributed by atoms with E-state index < -0.39 is 18.0 Å². The SMILES string of the molecule is COc1cccc(C(O)c2ccc(C(F)(F)F)nc2Cl)c1. The number of halogens is 4. The number of alkyl halides is 3. The zero-order valence-corrected chi connectivity index (χ0v) is 11.6. The number of benzene rings is 1. The Bertz CT molecular complexity index is 646. The van der Waals surface area contributed by atoms with Crippen molar-refractivity contribution in [2.75, 3.05) is 7.11 Å². The molecule has 3 nitrogen and oxygen atoms in total. The van der Waals surface area contributed by atoms with Crippen molar-refractivity contribution in [1.29, 1.82) is 0 Å². The Morgan fingerprint density at radius 2 is 1.95 bits per heavy atom. The van der Waals surface area contributed by atoms with Crippen LogP contribution in [0, 0.1) is 0 Å². The molecule has 1 atom stereocenters. The van der Waals surface area contributed by atoms with Gasteiger partial charge in [0.15, 0.2) is 0 Å². The highest BCUT2D eigenvalue weighted by Crippen LogP contribution is 2.33. The van der Waals surface area contributed by atoms with Crippen LogP contribution in [0.1, 0.15) is 22.9 Å². The summed E-state index contributed by atoms with van der Waals surface area (Å²) in [5, 5.41) is 9.84. The molecule has 0 saturated carbocycles. The van der Waals surface area contributed by atoms with Gasteiger partial charge in [-0.2, -0.15) is 13.2 Å². The summed E-state index contributed by atoms with van der Waals surface area (Å²) in [7, 11) is 1.47. The predicted molar refractivity (Wildman–Crippen MR) is 71.3 cm³/mol. The molecule has 1 N–H and O–H groups in total. The Morgan fingerprint density at radius 1 is 1.24 bits per heavy atom. The van der Waals surface area contributed by atoms with E-state index in [-0.39, 0.29) is 10.7 Å². The van der Waals surface area contributed by atoms with Crippen molar-refractivity contribution >= 4 is 11.6 Å². The van der Waals surface area contributed by atoms with Crippen LogP contribution >= 0.6 is 11.6 Å². The number of hydrogen-bond acceptors (Lipinski definition) is 3. The van der Waals surface area contributed by atoms with Crippen LogP contribution in [0.2, 0.25) is 5.15 Å².